The standard InChI is InChI=1S/C16H15Cl2N3O5S/c17-10-2-1-3-11(18)13(10)27(25,26)9-6-12(21(7-9)15(23)24)14(22)20-16(8-19)4-5-16/h1-3,9,12H,4-7H2,(H,20,22)(H,23,24)/t9-,12+/m1/s1. The fraction of sp³-hybridized carbons (Fsp3) is 0.438. The maximum absolute atomic E-state index is 13.0. The van der Waals surface area contributed by atoms with E-state index >= 15 is 0 Å². The Balaban J connectivity index is 1.89. The number of carboxylic acid groups (broad SMARTS) is 1. The number of nitrogens with one attached hydrogen (secondary N) is 1. The lowest BCUT2D eigenvalue weighted by Crippen LogP contribution is -2.49. The van der Waals surface area contributed by atoms with E-state index in [4.69, 9.17) is 28.5 Å². The van der Waals surface area contributed by atoms with E-state index in [-0.39, 0.29) is 21.4 Å². The summed E-state index contributed by atoms with van der Waals surface area (Å²) in [6.45, 7) is -0.392. The second-order valence-corrected chi connectivity index (χ2v) is 9.57. The Hall–Kier alpha value is -2.02. The van der Waals surface area contributed by atoms with E-state index in [0.717, 1.165) is 4.90 Å². The van der Waals surface area contributed by atoms with Crippen LogP contribution in [0.3, 0.4) is 0 Å². The summed E-state index contributed by atoms with van der Waals surface area (Å²) >= 11 is 12.0. The number of amides is 2. The molecule has 144 valence electrons. The zero-order valence-electron chi connectivity index (χ0n) is 13.9. The number of likely N-dealkylation sites (tertiary alicyclic amines) is 1. The first-order chi connectivity index (χ1) is 12.6. The van der Waals surface area contributed by atoms with Crippen LogP contribution in [0.4, 0.5) is 4.79 Å². The highest BCUT2D eigenvalue weighted by Gasteiger charge is 2.50. The van der Waals surface area contributed by atoms with Crippen molar-refractivity contribution in [1.29, 1.82) is 5.26 Å². The molecular weight excluding hydrogens is 417 g/mol. The van der Waals surface area contributed by atoms with Crippen LogP contribution >= 0.6 is 23.2 Å². The molecule has 2 amide bonds. The molecule has 3 rings (SSSR count). The number of carbonyl (C=O) groups is 2. The number of sulfone groups is 1. The fourth-order valence-corrected chi connectivity index (χ4v) is 5.96. The van der Waals surface area contributed by atoms with Gasteiger partial charge in [0.2, 0.25) is 5.91 Å². The summed E-state index contributed by atoms with van der Waals surface area (Å²) in [6.07, 6.45) is -0.707. The van der Waals surface area contributed by atoms with Crippen molar-refractivity contribution >= 4 is 45.0 Å². The van der Waals surface area contributed by atoms with Crippen LogP contribution in [0, 0.1) is 11.3 Å². The van der Waals surface area contributed by atoms with E-state index in [1.54, 1.807) is 0 Å². The summed E-state index contributed by atoms with van der Waals surface area (Å²) in [7, 11) is -4.08. The molecule has 1 aliphatic heterocycles. The molecule has 1 aromatic rings. The minimum absolute atomic E-state index is 0.0707. The van der Waals surface area contributed by atoms with Crippen LogP contribution in [0.25, 0.3) is 0 Å². The third kappa shape index (κ3) is 3.57. The molecule has 0 spiro atoms. The second-order valence-electron chi connectivity index (χ2n) is 6.59. The van der Waals surface area contributed by atoms with Gasteiger partial charge in [-0.3, -0.25) is 9.69 Å². The Bertz CT molecular complexity index is 935. The average molecular weight is 432 g/mol. The van der Waals surface area contributed by atoms with E-state index in [0.29, 0.717) is 12.8 Å². The highest BCUT2D eigenvalue weighted by molar-refractivity contribution is 7.92. The summed E-state index contributed by atoms with van der Waals surface area (Å²) in [5, 5.41) is 19.7. The molecule has 27 heavy (non-hydrogen) atoms. The number of carbonyl (C=O) groups excluding carboxylic acids is 1. The van der Waals surface area contributed by atoms with Crippen LogP contribution in [0.15, 0.2) is 23.1 Å². The number of rotatable bonds is 4. The summed E-state index contributed by atoms with van der Waals surface area (Å²) in [5.41, 5.74) is -0.982. The maximum Gasteiger partial charge on any atom is 0.408 e. The second kappa shape index (κ2) is 6.86. The third-order valence-electron chi connectivity index (χ3n) is 4.78. The summed E-state index contributed by atoms with van der Waals surface area (Å²) < 4.78 is 26.0. The molecule has 2 aliphatic rings. The molecule has 1 heterocycles. The topological polar surface area (TPSA) is 128 Å². The zero-order chi connectivity index (χ0) is 20.0. The quantitative estimate of drug-likeness (QED) is 0.750. The number of hydrogen-bond donors (Lipinski definition) is 2. The van der Waals surface area contributed by atoms with Crippen molar-refractivity contribution in [3.05, 3.63) is 28.2 Å². The van der Waals surface area contributed by atoms with Crippen LogP contribution in [0.5, 0.6) is 0 Å². The van der Waals surface area contributed by atoms with Crippen molar-refractivity contribution in [2.24, 2.45) is 0 Å². The van der Waals surface area contributed by atoms with E-state index < -0.39 is 45.2 Å². The number of halogens is 2. The van der Waals surface area contributed by atoms with Gasteiger partial charge in [-0.25, -0.2) is 13.2 Å². The van der Waals surface area contributed by atoms with Gasteiger partial charge < -0.3 is 10.4 Å². The van der Waals surface area contributed by atoms with Crippen LogP contribution in [0.1, 0.15) is 19.3 Å². The minimum atomic E-state index is -4.08. The lowest BCUT2D eigenvalue weighted by molar-refractivity contribution is -0.125. The van der Waals surface area contributed by atoms with Crippen LogP contribution < -0.4 is 5.32 Å². The smallest absolute Gasteiger partial charge is 0.408 e. The Labute approximate surface area is 165 Å². The fourth-order valence-electron chi connectivity index (χ4n) is 3.11. The molecule has 0 bridgehead atoms. The summed E-state index contributed by atoms with van der Waals surface area (Å²) in [6, 6.07) is 5.01. The van der Waals surface area contributed by atoms with Crippen molar-refractivity contribution in [3.8, 4) is 6.07 Å². The monoisotopic (exact) mass is 431 g/mol. The molecule has 1 saturated heterocycles. The van der Waals surface area contributed by atoms with Crippen LogP contribution in [0.2, 0.25) is 10.0 Å². The molecular formula is C16H15Cl2N3O5S. The van der Waals surface area contributed by atoms with Gasteiger partial charge in [0.1, 0.15) is 16.5 Å². The molecule has 1 aliphatic carbocycles. The first kappa shape index (κ1) is 19.7. The van der Waals surface area contributed by atoms with Crippen molar-refractivity contribution in [2.45, 2.75) is 41.0 Å². The minimum Gasteiger partial charge on any atom is -0.465 e. The summed E-state index contributed by atoms with van der Waals surface area (Å²) in [4.78, 5) is 24.5. The lowest BCUT2D eigenvalue weighted by Gasteiger charge is -2.21. The number of benzene rings is 1. The molecule has 0 aromatic heterocycles. The van der Waals surface area contributed by atoms with Gasteiger partial charge in [0.05, 0.1) is 21.4 Å². The molecule has 11 heteroatoms. The van der Waals surface area contributed by atoms with Gasteiger partial charge in [-0.2, -0.15) is 5.26 Å². The van der Waals surface area contributed by atoms with Crippen molar-refractivity contribution in [1.82, 2.24) is 10.2 Å². The predicted molar refractivity (Wildman–Crippen MR) is 96.3 cm³/mol. The molecule has 0 radical (unpaired) electrons. The average Bonchev–Trinajstić information content (AvgIpc) is 3.19. The maximum atomic E-state index is 13.0. The highest BCUT2D eigenvalue weighted by Crippen LogP contribution is 2.37. The number of nitrogens with zero attached hydrogens (tertiary/aromatic N) is 2. The molecule has 2 N–H and O–H groups in total. The molecule has 1 saturated carbocycles. The van der Waals surface area contributed by atoms with E-state index in [1.807, 2.05) is 6.07 Å². The lowest BCUT2D eigenvalue weighted by atomic mass is 10.2. The molecule has 0 unspecified atom stereocenters. The van der Waals surface area contributed by atoms with Gasteiger partial charge in [-0.15, -0.1) is 0 Å². The van der Waals surface area contributed by atoms with Gasteiger partial charge in [0, 0.05) is 6.54 Å². The number of hydrogen-bond acceptors (Lipinski definition) is 5. The van der Waals surface area contributed by atoms with Crippen molar-refractivity contribution in [2.75, 3.05) is 6.54 Å². The van der Waals surface area contributed by atoms with Gasteiger partial charge in [0.15, 0.2) is 9.84 Å². The molecule has 2 fully saturated rings. The first-order valence-corrected chi connectivity index (χ1v) is 10.3. The molecule has 2 atom stereocenters. The first-order valence-electron chi connectivity index (χ1n) is 8.02. The normalized spacial score (nSPS) is 23.5. The van der Waals surface area contributed by atoms with Gasteiger partial charge >= 0.3 is 6.09 Å². The Morgan fingerprint density at radius 3 is 2.37 bits per heavy atom. The van der Waals surface area contributed by atoms with Crippen LogP contribution in [-0.2, 0) is 14.6 Å². The van der Waals surface area contributed by atoms with Gasteiger partial charge in [-0.05, 0) is 31.4 Å². The third-order valence-corrected chi connectivity index (χ3v) is 7.86. The Morgan fingerprint density at radius 1 is 1.30 bits per heavy atom. The van der Waals surface area contributed by atoms with Crippen molar-refractivity contribution < 1.29 is 23.1 Å². The summed E-state index contributed by atoms with van der Waals surface area (Å²) in [5.74, 6) is -0.681. The SMILES string of the molecule is N#CC1(NC(=O)[C@@H]2C[C@@H](S(=O)(=O)c3c(Cl)cccc3Cl)CN2C(=O)O)CC1. The van der Waals surface area contributed by atoms with Gasteiger partial charge in [0.25, 0.3) is 0 Å². The predicted octanol–water partition coefficient (Wildman–Crippen LogP) is 2.06. The Kier molecular flexibility index (Phi) is 5.01. The zero-order valence-corrected chi connectivity index (χ0v) is 16.2. The van der Waals surface area contributed by atoms with Crippen LogP contribution in [-0.4, -0.2) is 53.8 Å². The largest absolute Gasteiger partial charge is 0.465 e. The Morgan fingerprint density at radius 2 is 1.89 bits per heavy atom. The highest BCUT2D eigenvalue weighted by atomic mass is 35.5. The van der Waals surface area contributed by atoms with E-state index in [9.17, 15) is 23.1 Å². The van der Waals surface area contributed by atoms with Gasteiger partial charge in [-0.1, -0.05) is 29.3 Å². The molecule has 8 nitrogen and oxygen atoms in total. The van der Waals surface area contributed by atoms with Crippen molar-refractivity contribution in [3.63, 3.8) is 0 Å². The number of nitriles is 1. The molecule has 1 aromatic carbocycles. The van der Waals surface area contributed by atoms with E-state index in [1.165, 1.54) is 18.2 Å². The van der Waals surface area contributed by atoms with E-state index in [2.05, 4.69) is 5.32 Å².